The predicted molar refractivity (Wildman–Crippen MR) is 80.3 cm³/mol. The molecule has 6 nitrogen and oxygen atoms in total. The van der Waals surface area contributed by atoms with Gasteiger partial charge in [-0.3, -0.25) is 0 Å². The largest absolute Gasteiger partial charge is 0.480 e. The molecule has 1 aliphatic carbocycles. The van der Waals surface area contributed by atoms with Gasteiger partial charge in [0.1, 0.15) is 5.54 Å². The molecule has 0 aromatic carbocycles. The van der Waals surface area contributed by atoms with E-state index >= 15 is 0 Å². The number of carbonyl (C=O) groups is 2. The number of hydrogen-bond donors (Lipinski definition) is 2. The van der Waals surface area contributed by atoms with Crippen molar-refractivity contribution in [2.24, 2.45) is 0 Å². The zero-order valence-corrected chi connectivity index (χ0v) is 13.1. The Kier molecular flexibility index (Phi) is 5.08. The molecular weight excluding hydrogens is 270 g/mol. The summed E-state index contributed by atoms with van der Waals surface area (Å²) in [5.41, 5.74) is -1.07. The molecule has 2 aliphatic rings. The average Bonchev–Trinajstić information content (AvgIpc) is 2.47. The minimum atomic E-state index is -1.07. The molecule has 6 heteroatoms. The van der Waals surface area contributed by atoms with Gasteiger partial charge in [-0.1, -0.05) is 19.3 Å². The molecule has 2 rings (SSSR count). The standard InChI is InChI=1S/C15H27N3O3/c1-17-10-6-7-12(11-17)18(2)14(21)16-15(13(19)20)8-4-3-5-9-15/h12H,3-11H2,1-2H3,(H,16,21)(H,19,20). The molecule has 0 spiro atoms. The quantitative estimate of drug-likeness (QED) is 0.828. The number of likely N-dealkylation sites (tertiary alicyclic amines) is 1. The molecule has 1 saturated heterocycles. The highest BCUT2D eigenvalue weighted by atomic mass is 16.4. The number of likely N-dealkylation sites (N-methyl/N-ethyl adjacent to an activating group) is 2. The molecular formula is C15H27N3O3. The van der Waals surface area contributed by atoms with Gasteiger partial charge in [-0.25, -0.2) is 9.59 Å². The van der Waals surface area contributed by atoms with Crippen LogP contribution in [0.25, 0.3) is 0 Å². The maximum atomic E-state index is 12.5. The third-order valence-electron chi connectivity index (χ3n) is 4.93. The number of carbonyl (C=O) groups excluding carboxylic acids is 1. The lowest BCUT2D eigenvalue weighted by Crippen LogP contribution is -2.60. The Morgan fingerprint density at radius 2 is 1.90 bits per heavy atom. The summed E-state index contributed by atoms with van der Waals surface area (Å²) >= 11 is 0. The van der Waals surface area contributed by atoms with Crippen molar-refractivity contribution in [2.75, 3.05) is 27.2 Å². The van der Waals surface area contributed by atoms with Crippen molar-refractivity contribution < 1.29 is 14.7 Å². The summed E-state index contributed by atoms with van der Waals surface area (Å²) in [4.78, 5) is 28.0. The van der Waals surface area contributed by atoms with Crippen LogP contribution in [0, 0.1) is 0 Å². The lowest BCUT2D eigenvalue weighted by molar-refractivity contribution is -0.146. The lowest BCUT2D eigenvalue weighted by Gasteiger charge is -2.39. The summed E-state index contributed by atoms with van der Waals surface area (Å²) in [7, 11) is 3.83. The number of carboxylic acid groups (broad SMARTS) is 1. The SMILES string of the molecule is CN1CCCC(N(C)C(=O)NC2(C(=O)O)CCCCC2)C1. The first-order valence-corrected chi connectivity index (χ1v) is 7.91. The Hall–Kier alpha value is -1.30. The topological polar surface area (TPSA) is 72.9 Å². The second kappa shape index (κ2) is 6.64. The van der Waals surface area contributed by atoms with E-state index in [0.717, 1.165) is 45.2 Å². The van der Waals surface area contributed by atoms with E-state index in [1.165, 1.54) is 0 Å². The zero-order valence-electron chi connectivity index (χ0n) is 13.1. The number of nitrogens with one attached hydrogen (secondary N) is 1. The van der Waals surface area contributed by atoms with Crippen molar-refractivity contribution in [1.29, 1.82) is 0 Å². The van der Waals surface area contributed by atoms with Crippen LogP contribution in [0.15, 0.2) is 0 Å². The molecule has 1 unspecified atom stereocenters. The Bertz CT molecular complexity index is 394. The Labute approximate surface area is 126 Å². The van der Waals surface area contributed by atoms with E-state index in [0.29, 0.717) is 12.8 Å². The minimum Gasteiger partial charge on any atom is -0.480 e. The predicted octanol–water partition coefficient (Wildman–Crippen LogP) is 1.51. The molecule has 2 N–H and O–H groups in total. The molecule has 0 aromatic rings. The van der Waals surface area contributed by atoms with Gasteiger partial charge in [0.15, 0.2) is 0 Å². The highest BCUT2D eigenvalue weighted by Crippen LogP contribution is 2.29. The Morgan fingerprint density at radius 1 is 1.24 bits per heavy atom. The first-order chi connectivity index (χ1) is 9.94. The number of piperidine rings is 1. The summed E-state index contributed by atoms with van der Waals surface area (Å²) in [5, 5.41) is 12.3. The number of hydrogen-bond acceptors (Lipinski definition) is 3. The van der Waals surface area contributed by atoms with Crippen molar-refractivity contribution in [3.05, 3.63) is 0 Å². The van der Waals surface area contributed by atoms with Crippen LogP contribution in [0.5, 0.6) is 0 Å². The molecule has 2 fully saturated rings. The van der Waals surface area contributed by atoms with Gasteiger partial charge in [-0.15, -0.1) is 0 Å². The van der Waals surface area contributed by atoms with E-state index < -0.39 is 11.5 Å². The van der Waals surface area contributed by atoms with E-state index in [2.05, 4.69) is 17.3 Å². The summed E-state index contributed by atoms with van der Waals surface area (Å²) in [5.74, 6) is -0.898. The molecule has 2 amide bonds. The van der Waals surface area contributed by atoms with E-state index in [-0.39, 0.29) is 12.1 Å². The number of urea groups is 1. The number of rotatable bonds is 3. The number of aliphatic carboxylic acids is 1. The van der Waals surface area contributed by atoms with Gasteiger partial charge in [0, 0.05) is 19.6 Å². The molecule has 120 valence electrons. The maximum Gasteiger partial charge on any atom is 0.329 e. The van der Waals surface area contributed by atoms with Crippen LogP contribution < -0.4 is 5.32 Å². The van der Waals surface area contributed by atoms with Crippen LogP contribution in [0.2, 0.25) is 0 Å². The molecule has 1 saturated carbocycles. The smallest absolute Gasteiger partial charge is 0.329 e. The number of amides is 2. The minimum absolute atomic E-state index is 0.165. The van der Waals surface area contributed by atoms with Crippen LogP contribution in [0.4, 0.5) is 4.79 Å². The van der Waals surface area contributed by atoms with Gasteiger partial charge < -0.3 is 20.2 Å². The first kappa shape index (κ1) is 16.1. The summed E-state index contributed by atoms with van der Waals surface area (Å²) in [6, 6.07) is -0.0854. The van der Waals surface area contributed by atoms with Gasteiger partial charge in [-0.05, 0) is 39.3 Å². The Morgan fingerprint density at radius 3 is 2.48 bits per heavy atom. The van der Waals surface area contributed by atoms with Crippen LogP contribution in [0.1, 0.15) is 44.9 Å². The van der Waals surface area contributed by atoms with Gasteiger partial charge in [0.25, 0.3) is 0 Å². The van der Waals surface area contributed by atoms with E-state index in [1.54, 1.807) is 11.9 Å². The van der Waals surface area contributed by atoms with Crippen LogP contribution in [0.3, 0.4) is 0 Å². The van der Waals surface area contributed by atoms with Crippen molar-refractivity contribution in [3.8, 4) is 0 Å². The van der Waals surface area contributed by atoms with Crippen molar-refractivity contribution in [1.82, 2.24) is 15.1 Å². The van der Waals surface area contributed by atoms with E-state index in [1.807, 2.05) is 0 Å². The number of carboxylic acids is 1. The van der Waals surface area contributed by atoms with E-state index in [9.17, 15) is 14.7 Å². The van der Waals surface area contributed by atoms with Crippen molar-refractivity contribution >= 4 is 12.0 Å². The molecule has 1 heterocycles. The van der Waals surface area contributed by atoms with Crippen molar-refractivity contribution in [2.45, 2.75) is 56.5 Å². The molecule has 1 atom stereocenters. The fraction of sp³-hybridized carbons (Fsp3) is 0.867. The Balaban J connectivity index is 1.99. The van der Waals surface area contributed by atoms with Gasteiger partial charge in [0.05, 0.1) is 0 Å². The van der Waals surface area contributed by atoms with Gasteiger partial charge >= 0.3 is 12.0 Å². The van der Waals surface area contributed by atoms with Gasteiger partial charge in [0.2, 0.25) is 0 Å². The van der Waals surface area contributed by atoms with Crippen LogP contribution >= 0.6 is 0 Å². The summed E-state index contributed by atoms with van der Waals surface area (Å²) < 4.78 is 0. The highest BCUT2D eigenvalue weighted by Gasteiger charge is 2.42. The molecule has 0 aromatic heterocycles. The summed E-state index contributed by atoms with van der Waals surface area (Å²) in [6.07, 6.45) is 5.90. The zero-order chi connectivity index (χ0) is 15.5. The van der Waals surface area contributed by atoms with Gasteiger partial charge in [-0.2, -0.15) is 0 Å². The third kappa shape index (κ3) is 3.67. The van der Waals surface area contributed by atoms with Crippen molar-refractivity contribution in [3.63, 3.8) is 0 Å². The number of nitrogens with zero attached hydrogens (tertiary/aromatic N) is 2. The second-order valence-corrected chi connectivity index (χ2v) is 6.55. The summed E-state index contributed by atoms with van der Waals surface area (Å²) in [6.45, 7) is 1.91. The lowest BCUT2D eigenvalue weighted by atomic mass is 9.82. The second-order valence-electron chi connectivity index (χ2n) is 6.55. The molecule has 21 heavy (non-hydrogen) atoms. The molecule has 1 aliphatic heterocycles. The highest BCUT2D eigenvalue weighted by molar-refractivity contribution is 5.86. The van der Waals surface area contributed by atoms with E-state index in [4.69, 9.17) is 0 Å². The monoisotopic (exact) mass is 297 g/mol. The molecule has 0 radical (unpaired) electrons. The normalized spacial score (nSPS) is 26.1. The third-order valence-corrected chi connectivity index (χ3v) is 4.93. The maximum absolute atomic E-state index is 12.5. The fourth-order valence-electron chi connectivity index (χ4n) is 3.46. The van der Waals surface area contributed by atoms with Crippen LogP contribution in [-0.4, -0.2) is 65.7 Å². The van der Waals surface area contributed by atoms with Crippen LogP contribution in [-0.2, 0) is 4.79 Å². The first-order valence-electron chi connectivity index (χ1n) is 7.91. The molecule has 0 bridgehead atoms. The fourth-order valence-corrected chi connectivity index (χ4v) is 3.46. The average molecular weight is 297 g/mol.